The number of piperidine rings is 2. The zero-order valence-corrected chi connectivity index (χ0v) is 15.3. The molecule has 0 radical (unpaired) electrons. The van der Waals surface area contributed by atoms with E-state index >= 15 is 0 Å². The van der Waals surface area contributed by atoms with Crippen molar-refractivity contribution in [2.45, 2.75) is 44.1 Å². The number of pyridine rings is 1. The number of likely N-dealkylation sites (tertiary alicyclic amines) is 2. The van der Waals surface area contributed by atoms with Crippen molar-refractivity contribution < 1.29 is 9.53 Å². The summed E-state index contributed by atoms with van der Waals surface area (Å²) in [4.78, 5) is 21.3. The molecule has 2 atom stereocenters. The lowest BCUT2D eigenvalue weighted by Crippen LogP contribution is -2.54. The molecular weight excluding hydrogens is 344 g/mol. The van der Waals surface area contributed by atoms with Gasteiger partial charge in [0.05, 0.1) is 30.6 Å². The molecule has 3 aliphatic rings. The third-order valence-corrected chi connectivity index (χ3v) is 6.11. The second-order valence-electron chi connectivity index (χ2n) is 7.61. The van der Waals surface area contributed by atoms with Gasteiger partial charge in [-0.05, 0) is 31.4 Å². The highest BCUT2D eigenvalue weighted by atomic mass is 16.5. The van der Waals surface area contributed by atoms with E-state index in [2.05, 4.69) is 24.9 Å². The van der Waals surface area contributed by atoms with Gasteiger partial charge in [0.25, 0.3) is 5.91 Å². The monoisotopic (exact) mass is 368 g/mol. The molecule has 5 heterocycles. The van der Waals surface area contributed by atoms with Crippen LogP contribution in [0.15, 0.2) is 30.6 Å². The van der Waals surface area contributed by atoms with Gasteiger partial charge >= 0.3 is 0 Å². The fraction of sp³-hybridized carbons (Fsp3) is 0.579. The second-order valence-corrected chi connectivity index (χ2v) is 7.61. The minimum absolute atomic E-state index is 0.0423. The highest BCUT2D eigenvalue weighted by Gasteiger charge is 2.39. The molecule has 5 rings (SSSR count). The minimum atomic E-state index is 0.0423. The first kappa shape index (κ1) is 16.8. The van der Waals surface area contributed by atoms with Gasteiger partial charge in [-0.25, -0.2) is 4.68 Å². The summed E-state index contributed by atoms with van der Waals surface area (Å²) in [6.45, 7) is 4.18. The Morgan fingerprint density at radius 3 is 2.85 bits per heavy atom. The average molecular weight is 368 g/mol. The molecule has 3 aliphatic heterocycles. The summed E-state index contributed by atoms with van der Waals surface area (Å²) in [5.41, 5.74) is 1.60. The molecule has 2 fully saturated rings. The van der Waals surface area contributed by atoms with Crippen LogP contribution in [0.4, 0.5) is 0 Å². The lowest BCUT2D eigenvalue weighted by molar-refractivity contribution is -0.0757. The molecule has 0 saturated carbocycles. The van der Waals surface area contributed by atoms with Crippen LogP contribution in [-0.2, 0) is 11.3 Å². The normalized spacial score (nSPS) is 26.4. The Balaban J connectivity index is 1.21. The van der Waals surface area contributed by atoms with E-state index in [9.17, 15) is 4.79 Å². The van der Waals surface area contributed by atoms with Gasteiger partial charge in [0.15, 0.2) is 0 Å². The number of amides is 1. The first-order chi connectivity index (χ1) is 13.3. The summed E-state index contributed by atoms with van der Waals surface area (Å²) in [6.07, 6.45) is 6.74. The van der Waals surface area contributed by atoms with Crippen LogP contribution in [0.5, 0.6) is 0 Å². The molecule has 8 nitrogen and oxygen atoms in total. The third-order valence-electron chi connectivity index (χ3n) is 6.11. The Labute approximate surface area is 158 Å². The van der Waals surface area contributed by atoms with Crippen molar-refractivity contribution in [1.29, 1.82) is 0 Å². The van der Waals surface area contributed by atoms with E-state index in [1.54, 1.807) is 18.5 Å². The molecule has 8 heteroatoms. The SMILES string of the molecule is O=C(c1ccccn1)N1CCC(N2CC[C@@H]3OCc4cnnn4[C@@H]3C2)CC1. The Kier molecular flexibility index (Phi) is 4.37. The highest BCUT2D eigenvalue weighted by molar-refractivity contribution is 5.92. The Morgan fingerprint density at radius 1 is 1.15 bits per heavy atom. The van der Waals surface area contributed by atoms with Crippen molar-refractivity contribution in [3.63, 3.8) is 0 Å². The average Bonchev–Trinajstić information content (AvgIpc) is 3.23. The van der Waals surface area contributed by atoms with Crippen LogP contribution >= 0.6 is 0 Å². The smallest absolute Gasteiger partial charge is 0.272 e. The van der Waals surface area contributed by atoms with Gasteiger partial charge in [0.2, 0.25) is 0 Å². The second kappa shape index (κ2) is 7.01. The molecule has 0 aromatic carbocycles. The van der Waals surface area contributed by atoms with E-state index in [0.29, 0.717) is 18.3 Å². The summed E-state index contributed by atoms with van der Waals surface area (Å²) in [7, 11) is 0. The quantitative estimate of drug-likeness (QED) is 0.791. The number of ether oxygens (including phenoxy) is 1. The maximum Gasteiger partial charge on any atom is 0.272 e. The van der Waals surface area contributed by atoms with Gasteiger partial charge in [-0.3, -0.25) is 14.7 Å². The number of aromatic nitrogens is 4. The fourth-order valence-electron chi connectivity index (χ4n) is 4.62. The van der Waals surface area contributed by atoms with Crippen LogP contribution < -0.4 is 0 Å². The Bertz CT molecular complexity index is 802. The number of fused-ring (bicyclic) bond motifs is 3. The van der Waals surface area contributed by atoms with Crippen molar-refractivity contribution in [3.05, 3.63) is 42.0 Å². The Morgan fingerprint density at radius 2 is 2.04 bits per heavy atom. The van der Waals surface area contributed by atoms with Crippen molar-refractivity contribution in [1.82, 2.24) is 29.8 Å². The number of nitrogens with zero attached hydrogens (tertiary/aromatic N) is 6. The number of hydrogen-bond donors (Lipinski definition) is 0. The maximum absolute atomic E-state index is 12.6. The predicted molar refractivity (Wildman–Crippen MR) is 97.0 cm³/mol. The highest BCUT2D eigenvalue weighted by Crippen LogP contribution is 2.32. The minimum Gasteiger partial charge on any atom is -0.370 e. The molecule has 2 aromatic heterocycles. The lowest BCUT2D eigenvalue weighted by Gasteiger charge is -2.46. The molecule has 1 amide bonds. The van der Waals surface area contributed by atoms with E-state index < -0.39 is 0 Å². The number of carbonyl (C=O) groups excluding carboxylic acids is 1. The lowest BCUT2D eigenvalue weighted by atomic mass is 9.95. The molecule has 27 heavy (non-hydrogen) atoms. The van der Waals surface area contributed by atoms with Crippen molar-refractivity contribution in [2.24, 2.45) is 0 Å². The van der Waals surface area contributed by atoms with Gasteiger partial charge in [0, 0.05) is 38.4 Å². The Hall–Kier alpha value is -2.32. The largest absolute Gasteiger partial charge is 0.370 e. The van der Waals surface area contributed by atoms with Gasteiger partial charge in [-0.1, -0.05) is 11.3 Å². The predicted octanol–water partition coefficient (Wildman–Crippen LogP) is 1.12. The molecule has 0 unspecified atom stereocenters. The van der Waals surface area contributed by atoms with Gasteiger partial charge in [-0.2, -0.15) is 0 Å². The molecule has 2 saturated heterocycles. The van der Waals surface area contributed by atoms with Crippen LogP contribution in [0.1, 0.15) is 41.5 Å². The molecule has 0 bridgehead atoms. The standard InChI is InChI=1S/C19H24N6O2/c26-19(16-3-1-2-7-20-16)23-8-4-14(5-9-23)24-10-6-18-17(12-24)25-15(13-27-18)11-21-22-25/h1-3,7,11,14,17-18H,4-6,8-10,12-13H2/t17-,18+/m1/s1. The number of rotatable bonds is 2. The van der Waals surface area contributed by atoms with E-state index in [1.165, 1.54) is 0 Å². The summed E-state index contributed by atoms with van der Waals surface area (Å²) < 4.78 is 8.07. The van der Waals surface area contributed by atoms with Crippen molar-refractivity contribution >= 4 is 5.91 Å². The summed E-state index contributed by atoms with van der Waals surface area (Å²) in [6, 6.07) is 6.24. The summed E-state index contributed by atoms with van der Waals surface area (Å²) >= 11 is 0. The van der Waals surface area contributed by atoms with E-state index in [1.807, 2.05) is 17.0 Å². The van der Waals surface area contributed by atoms with Crippen molar-refractivity contribution in [2.75, 3.05) is 26.2 Å². The van der Waals surface area contributed by atoms with Gasteiger partial charge < -0.3 is 9.64 Å². The van der Waals surface area contributed by atoms with Gasteiger partial charge in [0.1, 0.15) is 5.69 Å². The van der Waals surface area contributed by atoms with E-state index in [-0.39, 0.29) is 18.1 Å². The van der Waals surface area contributed by atoms with Gasteiger partial charge in [-0.15, -0.1) is 5.10 Å². The van der Waals surface area contributed by atoms with Crippen LogP contribution in [-0.4, -0.2) is 74.0 Å². The van der Waals surface area contributed by atoms with E-state index in [0.717, 1.165) is 51.1 Å². The van der Waals surface area contributed by atoms with Crippen LogP contribution in [0.2, 0.25) is 0 Å². The third kappa shape index (κ3) is 3.12. The topological polar surface area (TPSA) is 76.4 Å². The van der Waals surface area contributed by atoms with Crippen LogP contribution in [0.3, 0.4) is 0 Å². The number of carbonyl (C=O) groups is 1. The molecular formula is C19H24N6O2. The van der Waals surface area contributed by atoms with Crippen LogP contribution in [0, 0.1) is 0 Å². The zero-order valence-electron chi connectivity index (χ0n) is 15.3. The molecule has 0 N–H and O–H groups in total. The first-order valence-electron chi connectivity index (χ1n) is 9.74. The van der Waals surface area contributed by atoms with Crippen molar-refractivity contribution in [3.8, 4) is 0 Å². The molecule has 0 spiro atoms. The summed E-state index contributed by atoms with van der Waals surface area (Å²) in [5.74, 6) is 0.0423. The first-order valence-corrected chi connectivity index (χ1v) is 9.74. The zero-order chi connectivity index (χ0) is 18.2. The summed E-state index contributed by atoms with van der Waals surface area (Å²) in [5, 5.41) is 8.34. The van der Waals surface area contributed by atoms with Crippen LogP contribution in [0.25, 0.3) is 0 Å². The number of hydrogen-bond acceptors (Lipinski definition) is 6. The molecule has 0 aliphatic carbocycles. The fourth-order valence-corrected chi connectivity index (χ4v) is 4.62. The molecule has 2 aromatic rings. The molecule has 142 valence electrons. The maximum atomic E-state index is 12.6. The van der Waals surface area contributed by atoms with E-state index in [4.69, 9.17) is 4.74 Å².